The van der Waals surface area contributed by atoms with Crippen molar-refractivity contribution in [2.24, 2.45) is 7.05 Å². The molecule has 4 heteroatoms. The van der Waals surface area contributed by atoms with Crippen molar-refractivity contribution in [1.29, 1.82) is 0 Å². The van der Waals surface area contributed by atoms with Crippen LogP contribution < -0.4 is 0 Å². The zero-order valence-electron chi connectivity index (χ0n) is 23.8. The number of nitrogens with zero attached hydrogens (tertiary/aromatic N) is 4. The molecular formula is C36H40N4. The van der Waals surface area contributed by atoms with Crippen LogP contribution in [-0.4, -0.2) is 65.6 Å². The Hall–Kier alpha value is -3.44. The van der Waals surface area contributed by atoms with Crippen LogP contribution in [-0.2, 0) is 20.0 Å². The minimum Gasteiger partial charge on any atom is -0.344 e. The standard InChI is InChI=1S/C36H40N4/c1-37-20-22-39(23-21-37)26-33-30-13-7-6-12-29(30)25-40(19-18-27-10-4-3-5-11-27)36(33)28-16-17-35-32(24-28)31-14-8-9-15-34(31)38(35)2/h3-17,24,33,36H,18-23,25-26H2,1-2H3/t33-,36+/m1/s1. The highest BCUT2D eigenvalue weighted by Crippen LogP contribution is 2.44. The Balaban J connectivity index is 1.33. The van der Waals surface area contributed by atoms with Crippen LogP contribution in [0.15, 0.2) is 97.1 Å². The number of hydrogen-bond donors (Lipinski definition) is 0. The molecule has 2 aliphatic rings. The summed E-state index contributed by atoms with van der Waals surface area (Å²) in [5.74, 6) is 0.427. The molecule has 0 saturated carbocycles. The summed E-state index contributed by atoms with van der Waals surface area (Å²) in [5.41, 5.74) is 8.52. The molecule has 2 aliphatic heterocycles. The van der Waals surface area contributed by atoms with Gasteiger partial charge in [-0.3, -0.25) is 4.90 Å². The third-order valence-corrected chi connectivity index (χ3v) is 9.46. The molecule has 5 aromatic rings. The van der Waals surface area contributed by atoms with E-state index in [2.05, 4.69) is 130 Å². The van der Waals surface area contributed by atoms with Crippen molar-refractivity contribution in [1.82, 2.24) is 19.3 Å². The largest absolute Gasteiger partial charge is 0.344 e. The minimum atomic E-state index is 0.335. The average Bonchev–Trinajstić information content (AvgIpc) is 3.29. The first-order chi connectivity index (χ1) is 19.7. The van der Waals surface area contributed by atoms with E-state index in [9.17, 15) is 0 Å². The second-order valence-corrected chi connectivity index (χ2v) is 11.9. The summed E-state index contributed by atoms with van der Waals surface area (Å²) in [6, 6.07) is 36.8. The normalized spacial score (nSPS) is 20.8. The van der Waals surface area contributed by atoms with Crippen molar-refractivity contribution >= 4 is 21.8 Å². The number of benzene rings is 4. The molecule has 0 radical (unpaired) electrons. The van der Waals surface area contributed by atoms with Gasteiger partial charge in [0.25, 0.3) is 0 Å². The molecule has 4 nitrogen and oxygen atoms in total. The summed E-state index contributed by atoms with van der Waals surface area (Å²) in [4.78, 5) is 7.96. The van der Waals surface area contributed by atoms with Crippen LogP contribution in [0.4, 0.5) is 0 Å². The first-order valence-electron chi connectivity index (χ1n) is 14.9. The quantitative estimate of drug-likeness (QED) is 0.251. The summed E-state index contributed by atoms with van der Waals surface area (Å²) in [6.07, 6.45) is 1.07. The smallest absolute Gasteiger partial charge is 0.0488 e. The third kappa shape index (κ3) is 4.75. The van der Waals surface area contributed by atoms with E-state index in [-0.39, 0.29) is 0 Å². The zero-order valence-corrected chi connectivity index (χ0v) is 23.8. The summed E-state index contributed by atoms with van der Waals surface area (Å²) >= 11 is 0. The summed E-state index contributed by atoms with van der Waals surface area (Å²) in [6.45, 7) is 7.75. The van der Waals surface area contributed by atoms with Crippen LogP contribution in [0.5, 0.6) is 0 Å². The highest BCUT2D eigenvalue weighted by molar-refractivity contribution is 6.08. The summed E-state index contributed by atoms with van der Waals surface area (Å²) < 4.78 is 2.35. The van der Waals surface area contributed by atoms with Gasteiger partial charge >= 0.3 is 0 Å². The second kappa shape index (κ2) is 10.9. The molecule has 0 amide bonds. The minimum absolute atomic E-state index is 0.335. The van der Waals surface area contributed by atoms with Gasteiger partial charge in [0.15, 0.2) is 0 Å². The lowest BCUT2D eigenvalue weighted by Gasteiger charge is -2.45. The maximum Gasteiger partial charge on any atom is 0.0488 e. The molecule has 7 rings (SSSR count). The number of para-hydroxylation sites is 1. The Labute approximate surface area is 238 Å². The van der Waals surface area contributed by atoms with Crippen molar-refractivity contribution in [3.8, 4) is 0 Å². The molecular weight excluding hydrogens is 488 g/mol. The fourth-order valence-corrected chi connectivity index (χ4v) is 7.24. The van der Waals surface area contributed by atoms with E-state index in [4.69, 9.17) is 0 Å². The average molecular weight is 529 g/mol. The van der Waals surface area contributed by atoms with Crippen LogP contribution in [0.1, 0.15) is 34.2 Å². The predicted octanol–water partition coefficient (Wildman–Crippen LogP) is 6.46. The van der Waals surface area contributed by atoms with Crippen molar-refractivity contribution < 1.29 is 0 Å². The Bertz CT molecular complexity index is 1610. The van der Waals surface area contributed by atoms with Gasteiger partial charge < -0.3 is 14.4 Å². The van der Waals surface area contributed by atoms with E-state index in [1.54, 1.807) is 5.56 Å². The third-order valence-electron chi connectivity index (χ3n) is 9.46. The Morgan fingerprint density at radius 1 is 0.700 bits per heavy atom. The maximum atomic E-state index is 2.78. The molecule has 1 fully saturated rings. The highest BCUT2D eigenvalue weighted by atomic mass is 15.3. The molecule has 2 atom stereocenters. The van der Waals surface area contributed by atoms with E-state index in [0.29, 0.717) is 12.0 Å². The van der Waals surface area contributed by atoms with Crippen LogP contribution in [0, 0.1) is 0 Å². The van der Waals surface area contributed by atoms with Gasteiger partial charge in [-0.1, -0.05) is 78.9 Å². The molecule has 1 aromatic heterocycles. The molecule has 0 spiro atoms. The molecule has 4 aromatic carbocycles. The van der Waals surface area contributed by atoms with E-state index in [0.717, 1.165) is 52.2 Å². The molecule has 0 aliphatic carbocycles. The molecule has 1 saturated heterocycles. The van der Waals surface area contributed by atoms with E-state index < -0.39 is 0 Å². The Morgan fingerprint density at radius 2 is 1.43 bits per heavy atom. The summed E-state index contributed by atoms with van der Waals surface area (Å²) in [7, 11) is 4.45. The maximum absolute atomic E-state index is 2.78. The van der Waals surface area contributed by atoms with Crippen LogP contribution in [0.2, 0.25) is 0 Å². The topological polar surface area (TPSA) is 14.7 Å². The fraction of sp³-hybridized carbons (Fsp3) is 0.333. The summed E-state index contributed by atoms with van der Waals surface area (Å²) in [5, 5.41) is 2.72. The van der Waals surface area contributed by atoms with Crippen molar-refractivity contribution in [3.05, 3.63) is 119 Å². The second-order valence-electron chi connectivity index (χ2n) is 11.9. The molecule has 0 N–H and O–H groups in total. The first kappa shape index (κ1) is 25.5. The molecule has 40 heavy (non-hydrogen) atoms. The Morgan fingerprint density at radius 3 is 2.27 bits per heavy atom. The van der Waals surface area contributed by atoms with E-state index in [1.165, 1.54) is 38.5 Å². The monoisotopic (exact) mass is 528 g/mol. The Kier molecular flexibility index (Phi) is 6.92. The lowest BCUT2D eigenvalue weighted by molar-refractivity contribution is 0.0972. The fourth-order valence-electron chi connectivity index (χ4n) is 7.24. The van der Waals surface area contributed by atoms with Gasteiger partial charge in [0.1, 0.15) is 0 Å². The van der Waals surface area contributed by atoms with Crippen LogP contribution >= 0.6 is 0 Å². The lowest BCUT2D eigenvalue weighted by atomic mass is 9.79. The highest BCUT2D eigenvalue weighted by Gasteiger charge is 2.37. The van der Waals surface area contributed by atoms with Crippen molar-refractivity contribution in [2.75, 3.05) is 46.3 Å². The van der Waals surface area contributed by atoms with Crippen LogP contribution in [0.25, 0.3) is 21.8 Å². The van der Waals surface area contributed by atoms with E-state index >= 15 is 0 Å². The molecule has 0 unspecified atom stereocenters. The van der Waals surface area contributed by atoms with Gasteiger partial charge in [0.2, 0.25) is 0 Å². The molecule has 204 valence electrons. The number of piperazine rings is 1. The van der Waals surface area contributed by atoms with Gasteiger partial charge in [-0.25, -0.2) is 0 Å². The van der Waals surface area contributed by atoms with Gasteiger partial charge in [-0.2, -0.15) is 0 Å². The van der Waals surface area contributed by atoms with E-state index in [1.807, 2.05) is 0 Å². The van der Waals surface area contributed by atoms with Gasteiger partial charge in [0.05, 0.1) is 0 Å². The number of aryl methyl sites for hydroxylation is 1. The number of aromatic nitrogens is 1. The van der Waals surface area contributed by atoms with Crippen molar-refractivity contribution in [2.45, 2.75) is 24.9 Å². The molecule has 0 bridgehead atoms. The SMILES string of the molecule is CN1CCN(C[C@@H]2c3ccccc3CN(CCc3ccccc3)[C@H]2c2ccc3c(c2)c2ccccc2n3C)CC1. The van der Waals surface area contributed by atoms with Crippen LogP contribution in [0.3, 0.4) is 0 Å². The predicted molar refractivity (Wildman–Crippen MR) is 167 cm³/mol. The number of likely N-dealkylation sites (N-methyl/N-ethyl adjacent to an activating group) is 1. The number of hydrogen-bond acceptors (Lipinski definition) is 3. The number of fused-ring (bicyclic) bond motifs is 4. The first-order valence-corrected chi connectivity index (χ1v) is 14.9. The van der Waals surface area contributed by atoms with Gasteiger partial charge in [0, 0.05) is 86.6 Å². The lowest BCUT2D eigenvalue weighted by Crippen LogP contribution is -2.48. The van der Waals surface area contributed by atoms with Gasteiger partial charge in [-0.15, -0.1) is 0 Å². The number of rotatable bonds is 6. The zero-order chi connectivity index (χ0) is 27.1. The van der Waals surface area contributed by atoms with Gasteiger partial charge in [-0.05, 0) is 53.9 Å². The van der Waals surface area contributed by atoms with Crippen molar-refractivity contribution in [3.63, 3.8) is 0 Å². The molecule has 3 heterocycles.